The molecule has 0 heterocycles. The Morgan fingerprint density at radius 3 is 1.22 bits per heavy atom. The minimum Gasteiger partial charge on any atom is -0.507 e. The molecule has 4 aromatic carbocycles. The van der Waals surface area contributed by atoms with Crippen molar-refractivity contribution in [2.45, 2.75) is 275 Å². The summed E-state index contributed by atoms with van der Waals surface area (Å²) in [7, 11) is 0. The Morgan fingerprint density at radius 1 is 0.432 bits per heavy atom. The molecule has 0 fully saturated rings. The molecule has 0 bridgehead atoms. The highest BCUT2D eigenvalue weighted by molar-refractivity contribution is 5.84. The Morgan fingerprint density at radius 2 is 0.802 bits per heavy atom. The smallest absolute Gasteiger partial charge is 0.335 e. The number of unbranched alkanes of at least 4 members (excludes halogenated alkanes) is 25. The summed E-state index contributed by atoms with van der Waals surface area (Å²) in [5.41, 5.74) is 10.8. The first-order valence-electron chi connectivity index (χ1n) is 32.1. The van der Waals surface area contributed by atoms with Crippen molar-refractivity contribution in [1.29, 1.82) is 0 Å². The summed E-state index contributed by atoms with van der Waals surface area (Å²) in [4.78, 5) is 23.6. The molecule has 0 aliphatic rings. The number of benzene rings is 4. The largest absolute Gasteiger partial charge is 0.507 e. The van der Waals surface area contributed by atoms with Crippen LogP contribution in [0, 0.1) is 55.4 Å². The topological polar surface area (TPSA) is 112 Å². The molecule has 0 aliphatic carbocycles. The average molecular weight is 1120 g/mol. The highest BCUT2D eigenvalue weighted by Crippen LogP contribution is 2.33. The van der Waals surface area contributed by atoms with Crippen LogP contribution in [0.25, 0.3) is 0 Å². The Kier molecular flexibility index (Phi) is 39.4. The first-order chi connectivity index (χ1) is 39.0. The van der Waals surface area contributed by atoms with E-state index in [-0.39, 0.29) is 11.7 Å². The fourth-order valence-electron chi connectivity index (χ4n) is 10.4. The van der Waals surface area contributed by atoms with Gasteiger partial charge in [0.1, 0.15) is 28.7 Å². The predicted octanol–water partition coefficient (Wildman–Crippen LogP) is 20.8. The number of carbonyl (C=O) groups is 2. The molecular weight excluding hydrogens is 1000 g/mol. The molecular formula is C73H114O8. The van der Waals surface area contributed by atoms with E-state index < -0.39 is 5.97 Å². The van der Waals surface area contributed by atoms with Crippen LogP contribution >= 0.6 is 0 Å². The summed E-state index contributed by atoms with van der Waals surface area (Å²) in [5.74, 6) is 2.61. The maximum atomic E-state index is 11.9. The number of aromatic hydroxyl groups is 2. The van der Waals surface area contributed by atoms with Gasteiger partial charge >= 0.3 is 11.9 Å². The van der Waals surface area contributed by atoms with Crippen molar-refractivity contribution < 1.29 is 38.7 Å². The molecule has 0 amide bonds. The summed E-state index contributed by atoms with van der Waals surface area (Å²) in [5, 5.41) is 20.1. The lowest BCUT2D eigenvalue weighted by Crippen LogP contribution is -2.08. The summed E-state index contributed by atoms with van der Waals surface area (Å²) < 4.78 is 22.8. The van der Waals surface area contributed by atoms with E-state index in [1.807, 2.05) is 77.9 Å². The lowest BCUT2D eigenvalue weighted by atomic mass is 9.96. The van der Waals surface area contributed by atoms with Gasteiger partial charge in [-0.3, -0.25) is 4.79 Å². The lowest BCUT2D eigenvalue weighted by Gasteiger charge is -2.15. The third-order valence-corrected chi connectivity index (χ3v) is 15.2. The normalized spacial score (nSPS) is 10.9. The highest BCUT2D eigenvalue weighted by Gasteiger charge is 2.16. The van der Waals surface area contributed by atoms with Crippen LogP contribution in [-0.2, 0) is 27.2 Å². The molecule has 0 radical (unpaired) electrons. The SMILES string of the molecule is C=CC(=O)Oc1c(C)cc(C)cc1Cc1cc(C)cc(C)c1O.CCCCCCCCCCCCCCCCCCOC(=O)CCc1cc(C)c(O)c(C)c1.CCCCCCCCOc1cc(C)c(OCCCCCCCC)cc1C. The second-order valence-electron chi connectivity index (χ2n) is 23.2. The molecule has 4 aromatic rings. The van der Waals surface area contributed by atoms with E-state index in [4.69, 9.17) is 18.9 Å². The van der Waals surface area contributed by atoms with E-state index in [0.29, 0.717) is 37.4 Å². The van der Waals surface area contributed by atoms with Gasteiger partial charge in [0, 0.05) is 18.9 Å². The highest BCUT2D eigenvalue weighted by atomic mass is 16.5. The van der Waals surface area contributed by atoms with Crippen molar-refractivity contribution in [3.8, 4) is 28.7 Å². The number of phenolic OH excluding ortho intramolecular Hbond substituents is 2. The van der Waals surface area contributed by atoms with Gasteiger partial charge in [-0.15, -0.1) is 0 Å². The molecule has 8 heteroatoms. The van der Waals surface area contributed by atoms with Crippen LogP contribution in [0.1, 0.15) is 268 Å². The Balaban J connectivity index is 0.000000421. The Hall–Kier alpha value is -5.24. The zero-order valence-electron chi connectivity index (χ0n) is 53.3. The third kappa shape index (κ3) is 32.3. The average Bonchev–Trinajstić information content (AvgIpc) is 3.43. The van der Waals surface area contributed by atoms with E-state index >= 15 is 0 Å². The second kappa shape index (κ2) is 44.4. The summed E-state index contributed by atoms with van der Waals surface area (Å²) in [6.07, 6.45) is 39.9. The van der Waals surface area contributed by atoms with Crippen molar-refractivity contribution in [3.05, 3.63) is 122 Å². The molecule has 81 heavy (non-hydrogen) atoms. The minimum absolute atomic E-state index is 0.116. The maximum Gasteiger partial charge on any atom is 0.335 e. The zero-order valence-corrected chi connectivity index (χ0v) is 53.3. The van der Waals surface area contributed by atoms with Crippen molar-refractivity contribution in [3.63, 3.8) is 0 Å². The molecule has 0 unspecified atom stereocenters. The molecule has 0 aromatic heterocycles. The van der Waals surface area contributed by atoms with E-state index in [0.717, 1.165) is 107 Å². The van der Waals surface area contributed by atoms with Crippen LogP contribution in [0.4, 0.5) is 0 Å². The van der Waals surface area contributed by atoms with Crippen molar-refractivity contribution in [1.82, 2.24) is 0 Å². The number of aryl methyl sites for hydroxylation is 9. The van der Waals surface area contributed by atoms with E-state index in [9.17, 15) is 19.8 Å². The molecule has 0 spiro atoms. The molecule has 454 valence electrons. The van der Waals surface area contributed by atoms with Gasteiger partial charge in [0.25, 0.3) is 0 Å². The van der Waals surface area contributed by atoms with Crippen molar-refractivity contribution >= 4 is 11.9 Å². The van der Waals surface area contributed by atoms with Gasteiger partial charge in [-0.1, -0.05) is 235 Å². The van der Waals surface area contributed by atoms with E-state index in [2.05, 4.69) is 53.3 Å². The van der Waals surface area contributed by atoms with Crippen molar-refractivity contribution in [2.75, 3.05) is 19.8 Å². The molecule has 0 saturated heterocycles. The van der Waals surface area contributed by atoms with Crippen LogP contribution in [0.2, 0.25) is 0 Å². The summed E-state index contributed by atoms with van der Waals surface area (Å²) in [6, 6.07) is 16.0. The number of esters is 2. The van der Waals surface area contributed by atoms with Gasteiger partial charge in [0.2, 0.25) is 0 Å². The fourth-order valence-corrected chi connectivity index (χ4v) is 10.4. The number of carbonyl (C=O) groups excluding carboxylic acids is 2. The van der Waals surface area contributed by atoms with Crippen LogP contribution in [0.3, 0.4) is 0 Å². The van der Waals surface area contributed by atoms with Gasteiger partial charge in [-0.25, -0.2) is 4.79 Å². The Labute approximate surface area is 494 Å². The molecule has 0 aliphatic heterocycles. The number of hydrogen-bond acceptors (Lipinski definition) is 8. The summed E-state index contributed by atoms with van der Waals surface area (Å²) >= 11 is 0. The number of hydrogen-bond donors (Lipinski definition) is 2. The quantitative estimate of drug-likeness (QED) is 0.0196. The molecule has 8 nitrogen and oxygen atoms in total. The lowest BCUT2D eigenvalue weighted by molar-refractivity contribution is -0.143. The molecule has 0 atom stereocenters. The zero-order chi connectivity index (χ0) is 59.6. The first kappa shape index (κ1) is 71.9. The maximum absolute atomic E-state index is 11.9. The van der Waals surface area contributed by atoms with Crippen LogP contribution in [0.15, 0.2) is 61.2 Å². The van der Waals surface area contributed by atoms with Crippen molar-refractivity contribution in [2.24, 2.45) is 0 Å². The molecule has 4 rings (SSSR count). The fraction of sp³-hybridized carbons (Fsp3) is 0.616. The number of rotatable bonds is 40. The van der Waals surface area contributed by atoms with Crippen LogP contribution in [-0.4, -0.2) is 42.0 Å². The Bertz CT molecular complexity index is 2300. The number of phenols is 2. The van der Waals surface area contributed by atoms with E-state index in [1.54, 1.807) is 0 Å². The van der Waals surface area contributed by atoms with Gasteiger partial charge in [-0.2, -0.15) is 0 Å². The molecule has 0 saturated carbocycles. The van der Waals surface area contributed by atoms with Crippen LogP contribution in [0.5, 0.6) is 28.7 Å². The monoisotopic (exact) mass is 1120 g/mol. The van der Waals surface area contributed by atoms with Crippen LogP contribution < -0.4 is 14.2 Å². The minimum atomic E-state index is -0.483. The summed E-state index contributed by atoms with van der Waals surface area (Å²) in [6.45, 7) is 28.2. The predicted molar refractivity (Wildman–Crippen MR) is 342 cm³/mol. The van der Waals surface area contributed by atoms with Gasteiger partial charge in [-0.05, 0) is 143 Å². The first-order valence-corrected chi connectivity index (χ1v) is 32.1. The van der Waals surface area contributed by atoms with Gasteiger partial charge in [0.15, 0.2) is 0 Å². The second-order valence-corrected chi connectivity index (χ2v) is 23.2. The third-order valence-electron chi connectivity index (χ3n) is 15.2. The number of ether oxygens (including phenoxy) is 4. The van der Waals surface area contributed by atoms with Gasteiger partial charge < -0.3 is 29.2 Å². The van der Waals surface area contributed by atoms with Gasteiger partial charge in [0.05, 0.1) is 19.8 Å². The van der Waals surface area contributed by atoms with E-state index in [1.165, 1.54) is 165 Å². The standard InChI is InChI=1S/C29H50O3.C24H42O2.C20H22O3/c1-4-5-6-7-8-9-10-11-12-13-14-15-16-17-18-19-22-32-28(30)21-20-27-23-25(2)29(31)26(3)24-27;1-5-7-9-11-13-15-17-25-23-19-22(4)24(20-21(23)3)26-18-16-14-12-10-8-6-2;1-6-18(21)23-20-15(5)8-13(3)10-17(20)11-16-9-12(2)7-14(4)19(16)22/h23-24,31H,4-22H2,1-3H3;19-20H,5-18H2,1-4H3;6-10,22H,1,11H2,2-5H3. The molecule has 2 N–H and O–H groups in total.